The molecule has 0 fully saturated rings. The Kier molecular flexibility index (Phi) is 8.87. The van der Waals surface area contributed by atoms with Crippen LogP contribution in [-0.4, -0.2) is 18.8 Å². The Morgan fingerprint density at radius 2 is 1.67 bits per heavy atom. The monoisotopic (exact) mass is 344 g/mol. The minimum absolute atomic E-state index is 0.205. The summed E-state index contributed by atoms with van der Waals surface area (Å²) < 4.78 is 40.9. The first-order chi connectivity index (χ1) is 11.4. The van der Waals surface area contributed by atoms with Gasteiger partial charge < -0.3 is 4.74 Å². The van der Waals surface area contributed by atoms with Gasteiger partial charge in [0.2, 0.25) is 0 Å². The zero-order chi connectivity index (χ0) is 18.0. The minimum atomic E-state index is -4.21. The van der Waals surface area contributed by atoms with Crippen LogP contribution in [0.25, 0.3) is 0 Å². The number of carbonyl (C=O) groups is 1. The Morgan fingerprint density at radius 3 is 2.17 bits per heavy atom. The number of ether oxygens (including phenoxy) is 1. The number of hydrogen-bond acceptors (Lipinski definition) is 2. The van der Waals surface area contributed by atoms with Crippen molar-refractivity contribution in [3.05, 3.63) is 35.4 Å². The summed E-state index contributed by atoms with van der Waals surface area (Å²) in [5.74, 6) is 0.0857. The van der Waals surface area contributed by atoms with E-state index in [1.54, 1.807) is 12.1 Å². The maximum Gasteiger partial charge on any atom is 0.389 e. The SMILES string of the molecule is CCCC(CCC)Cc1ccc(C(=O)OCCCC(F)(F)F)cc1. The fraction of sp³-hybridized carbons (Fsp3) is 0.632. The van der Waals surface area contributed by atoms with Gasteiger partial charge in [-0.3, -0.25) is 0 Å². The molecule has 0 unspecified atom stereocenters. The first kappa shape index (κ1) is 20.5. The standard InChI is InChI=1S/C19H27F3O2/c1-3-6-15(7-4-2)14-16-8-10-17(11-9-16)18(23)24-13-5-12-19(20,21)22/h8-11,15H,3-7,12-14H2,1-2H3. The van der Waals surface area contributed by atoms with Crippen LogP contribution in [0.4, 0.5) is 13.2 Å². The highest BCUT2D eigenvalue weighted by atomic mass is 19.4. The first-order valence-electron chi connectivity index (χ1n) is 8.68. The number of carbonyl (C=O) groups excluding carboxylic acids is 1. The zero-order valence-corrected chi connectivity index (χ0v) is 14.5. The number of halogens is 3. The number of alkyl halides is 3. The largest absolute Gasteiger partial charge is 0.462 e. The molecule has 1 aromatic carbocycles. The van der Waals surface area contributed by atoms with Crippen molar-refractivity contribution in [2.24, 2.45) is 5.92 Å². The molecule has 0 aliphatic carbocycles. The normalized spacial score (nSPS) is 11.8. The van der Waals surface area contributed by atoms with Crippen LogP contribution in [0, 0.1) is 5.92 Å². The summed E-state index contributed by atoms with van der Waals surface area (Å²) in [6.07, 6.45) is 0.344. The number of hydrogen-bond donors (Lipinski definition) is 0. The van der Waals surface area contributed by atoms with Gasteiger partial charge in [-0.25, -0.2) is 4.79 Å². The van der Waals surface area contributed by atoms with Crippen molar-refractivity contribution < 1.29 is 22.7 Å². The van der Waals surface area contributed by atoms with Crippen LogP contribution in [0.3, 0.4) is 0 Å². The Morgan fingerprint density at radius 1 is 1.08 bits per heavy atom. The molecule has 136 valence electrons. The number of rotatable bonds is 10. The lowest BCUT2D eigenvalue weighted by atomic mass is 9.91. The third-order valence-electron chi connectivity index (χ3n) is 3.95. The van der Waals surface area contributed by atoms with E-state index in [0.29, 0.717) is 11.5 Å². The van der Waals surface area contributed by atoms with Crippen molar-refractivity contribution >= 4 is 5.97 Å². The smallest absolute Gasteiger partial charge is 0.389 e. The van der Waals surface area contributed by atoms with E-state index in [1.807, 2.05) is 12.1 Å². The first-order valence-corrected chi connectivity index (χ1v) is 8.68. The molecule has 0 saturated carbocycles. The molecule has 0 aromatic heterocycles. The lowest BCUT2D eigenvalue weighted by Gasteiger charge is -2.15. The Bertz CT molecular complexity index is 474. The minimum Gasteiger partial charge on any atom is -0.462 e. The average Bonchev–Trinajstić information content (AvgIpc) is 2.52. The molecular weight excluding hydrogens is 317 g/mol. The van der Waals surface area contributed by atoms with E-state index in [2.05, 4.69) is 13.8 Å². The molecule has 0 radical (unpaired) electrons. The molecule has 1 aromatic rings. The maximum atomic E-state index is 12.0. The van der Waals surface area contributed by atoms with Gasteiger partial charge in [-0.1, -0.05) is 51.7 Å². The van der Waals surface area contributed by atoms with Gasteiger partial charge in [-0.2, -0.15) is 13.2 Å². The van der Waals surface area contributed by atoms with Crippen LogP contribution >= 0.6 is 0 Å². The van der Waals surface area contributed by atoms with E-state index >= 15 is 0 Å². The highest BCUT2D eigenvalue weighted by Crippen LogP contribution is 2.22. The molecule has 0 atom stereocenters. The van der Waals surface area contributed by atoms with Crippen LogP contribution in [0.2, 0.25) is 0 Å². The van der Waals surface area contributed by atoms with E-state index in [1.165, 1.54) is 18.4 Å². The fourth-order valence-electron chi connectivity index (χ4n) is 2.80. The van der Waals surface area contributed by atoms with Crippen molar-refractivity contribution in [2.75, 3.05) is 6.61 Å². The molecule has 0 heterocycles. The summed E-state index contributed by atoms with van der Waals surface area (Å²) in [6, 6.07) is 7.20. The Balaban J connectivity index is 2.46. The highest BCUT2D eigenvalue weighted by Gasteiger charge is 2.26. The molecule has 5 heteroatoms. The molecule has 2 nitrogen and oxygen atoms in total. The zero-order valence-electron chi connectivity index (χ0n) is 14.5. The molecule has 1 rings (SSSR count). The van der Waals surface area contributed by atoms with Crippen LogP contribution in [0.1, 0.15) is 68.3 Å². The fourth-order valence-corrected chi connectivity index (χ4v) is 2.80. The second-order valence-corrected chi connectivity index (χ2v) is 6.20. The van der Waals surface area contributed by atoms with Gasteiger partial charge in [0.1, 0.15) is 0 Å². The molecule has 0 aliphatic rings. The van der Waals surface area contributed by atoms with Crippen molar-refractivity contribution in [1.29, 1.82) is 0 Å². The highest BCUT2D eigenvalue weighted by molar-refractivity contribution is 5.89. The summed E-state index contributed by atoms with van der Waals surface area (Å²) in [5.41, 5.74) is 1.56. The van der Waals surface area contributed by atoms with Gasteiger partial charge in [-0.05, 0) is 36.5 Å². The van der Waals surface area contributed by atoms with Gasteiger partial charge in [0.15, 0.2) is 0 Å². The van der Waals surface area contributed by atoms with Crippen molar-refractivity contribution in [3.63, 3.8) is 0 Å². The van der Waals surface area contributed by atoms with Crippen LogP contribution in [0.5, 0.6) is 0 Å². The van der Waals surface area contributed by atoms with Gasteiger partial charge in [-0.15, -0.1) is 0 Å². The number of benzene rings is 1. The average molecular weight is 344 g/mol. The van der Waals surface area contributed by atoms with Crippen molar-refractivity contribution in [2.45, 2.75) is 65.0 Å². The van der Waals surface area contributed by atoms with Gasteiger partial charge in [0, 0.05) is 6.42 Å². The summed E-state index contributed by atoms with van der Waals surface area (Å²) in [7, 11) is 0. The van der Waals surface area contributed by atoms with Gasteiger partial charge >= 0.3 is 12.1 Å². The van der Waals surface area contributed by atoms with E-state index < -0.39 is 18.6 Å². The summed E-state index contributed by atoms with van der Waals surface area (Å²) >= 11 is 0. The topological polar surface area (TPSA) is 26.3 Å². The van der Waals surface area contributed by atoms with E-state index in [-0.39, 0.29) is 13.0 Å². The van der Waals surface area contributed by atoms with E-state index in [9.17, 15) is 18.0 Å². The second kappa shape index (κ2) is 10.4. The molecule has 0 bridgehead atoms. The lowest BCUT2D eigenvalue weighted by Crippen LogP contribution is -2.11. The van der Waals surface area contributed by atoms with Gasteiger partial charge in [0.05, 0.1) is 12.2 Å². The van der Waals surface area contributed by atoms with E-state index in [4.69, 9.17) is 4.74 Å². The molecular formula is C19H27F3O2. The van der Waals surface area contributed by atoms with Crippen LogP contribution in [0.15, 0.2) is 24.3 Å². The van der Waals surface area contributed by atoms with E-state index in [0.717, 1.165) is 19.3 Å². The maximum absolute atomic E-state index is 12.0. The molecule has 24 heavy (non-hydrogen) atoms. The summed E-state index contributed by atoms with van der Waals surface area (Å²) in [5, 5.41) is 0. The Labute approximate surface area is 142 Å². The second-order valence-electron chi connectivity index (χ2n) is 6.20. The third kappa shape index (κ3) is 8.37. The van der Waals surface area contributed by atoms with Crippen molar-refractivity contribution in [3.8, 4) is 0 Å². The lowest BCUT2D eigenvalue weighted by molar-refractivity contribution is -0.137. The summed E-state index contributed by atoms with van der Waals surface area (Å²) in [6.45, 7) is 4.15. The summed E-state index contributed by atoms with van der Waals surface area (Å²) in [4.78, 5) is 11.8. The van der Waals surface area contributed by atoms with Crippen LogP contribution < -0.4 is 0 Å². The molecule has 0 N–H and O–H groups in total. The predicted octanol–water partition coefficient (Wildman–Crippen LogP) is 5.94. The van der Waals surface area contributed by atoms with Crippen LogP contribution in [-0.2, 0) is 11.2 Å². The third-order valence-corrected chi connectivity index (χ3v) is 3.95. The molecule has 0 saturated heterocycles. The molecule has 0 aliphatic heterocycles. The molecule has 0 spiro atoms. The quantitative estimate of drug-likeness (QED) is 0.387. The Hall–Kier alpha value is -1.52. The predicted molar refractivity (Wildman–Crippen MR) is 89.0 cm³/mol. The number of esters is 1. The van der Waals surface area contributed by atoms with Crippen molar-refractivity contribution in [1.82, 2.24) is 0 Å². The van der Waals surface area contributed by atoms with Gasteiger partial charge in [0.25, 0.3) is 0 Å². The molecule has 0 amide bonds.